The van der Waals surface area contributed by atoms with Gasteiger partial charge in [-0.25, -0.2) is 14.8 Å². The molecule has 4 aromatic heterocycles. The summed E-state index contributed by atoms with van der Waals surface area (Å²) < 4.78 is 10.7. The summed E-state index contributed by atoms with van der Waals surface area (Å²) >= 11 is 12.0. The lowest BCUT2D eigenvalue weighted by Crippen LogP contribution is -2.51. The molecule has 0 radical (unpaired) electrons. The Labute approximate surface area is 340 Å². The molecule has 3 amide bonds. The largest absolute Gasteiger partial charge is 0.444 e. The van der Waals surface area contributed by atoms with Crippen LogP contribution in [0.2, 0.25) is 10.0 Å². The van der Waals surface area contributed by atoms with E-state index in [1.165, 1.54) is 0 Å². The summed E-state index contributed by atoms with van der Waals surface area (Å²) in [5.41, 5.74) is 5.34. The number of halogens is 2. The molecule has 2 saturated heterocycles. The molecule has 2 aliphatic rings. The van der Waals surface area contributed by atoms with Crippen molar-refractivity contribution < 1.29 is 23.9 Å². The summed E-state index contributed by atoms with van der Waals surface area (Å²) in [4.78, 5) is 61.2. The van der Waals surface area contributed by atoms with E-state index in [9.17, 15) is 14.4 Å². The van der Waals surface area contributed by atoms with Gasteiger partial charge < -0.3 is 24.2 Å². The third-order valence-corrected chi connectivity index (χ3v) is 9.97. The Balaban J connectivity index is 0.000000179. The standard InChI is InChI=1S/C24H25ClN4O3.C19H16ClN3O2/c1-24(2,3)32-23(31)29-12-10-28(11-13-29)22(30)20-9-6-17-14-26-15-19(21(17)27-20)16-4-7-18(25)8-5-16;20-15-4-1-13(2-5-15)16-12-21-11-14-3-6-17(22-18(14)16)19(24)23-7-9-25-10-8-23/h4-9,14-15H,10-13H2,1-3H3;1-6,11-12H,7-10H2. The Bertz CT molecular complexity index is 2410. The predicted molar refractivity (Wildman–Crippen MR) is 220 cm³/mol. The third kappa shape index (κ3) is 9.48. The van der Waals surface area contributed by atoms with E-state index in [0.29, 0.717) is 79.4 Å². The number of pyridine rings is 4. The van der Waals surface area contributed by atoms with E-state index in [0.717, 1.165) is 38.5 Å². The van der Waals surface area contributed by atoms with Crippen molar-refractivity contribution in [1.29, 1.82) is 0 Å². The van der Waals surface area contributed by atoms with Crippen LogP contribution >= 0.6 is 23.2 Å². The highest BCUT2D eigenvalue weighted by Crippen LogP contribution is 2.29. The fourth-order valence-electron chi connectivity index (χ4n) is 6.51. The first-order valence-corrected chi connectivity index (χ1v) is 19.3. The van der Waals surface area contributed by atoms with Crippen molar-refractivity contribution in [3.63, 3.8) is 0 Å². The molecule has 292 valence electrons. The molecule has 2 aromatic carbocycles. The first-order chi connectivity index (χ1) is 27.4. The highest BCUT2D eigenvalue weighted by atomic mass is 35.5. The summed E-state index contributed by atoms with van der Waals surface area (Å²) in [5.74, 6) is -0.223. The van der Waals surface area contributed by atoms with Crippen molar-refractivity contribution in [2.24, 2.45) is 0 Å². The topological polar surface area (TPSA) is 131 Å². The molecule has 0 spiro atoms. The van der Waals surface area contributed by atoms with Gasteiger partial charge in [-0.15, -0.1) is 0 Å². The molecule has 8 rings (SSSR count). The van der Waals surface area contributed by atoms with Gasteiger partial charge in [0.05, 0.1) is 24.2 Å². The highest BCUT2D eigenvalue weighted by Gasteiger charge is 2.29. The van der Waals surface area contributed by atoms with E-state index >= 15 is 0 Å². The number of ether oxygens (including phenoxy) is 2. The summed E-state index contributed by atoms with van der Waals surface area (Å²) in [5, 5.41) is 3.07. The van der Waals surface area contributed by atoms with Gasteiger partial charge in [0.1, 0.15) is 17.0 Å². The monoisotopic (exact) mass is 805 g/mol. The Morgan fingerprint density at radius 1 is 0.579 bits per heavy atom. The molecule has 57 heavy (non-hydrogen) atoms. The lowest BCUT2D eigenvalue weighted by molar-refractivity contribution is 0.0140. The third-order valence-electron chi connectivity index (χ3n) is 9.46. The fraction of sp³-hybridized carbons (Fsp3) is 0.279. The Morgan fingerprint density at radius 3 is 1.44 bits per heavy atom. The number of rotatable bonds is 4. The smallest absolute Gasteiger partial charge is 0.410 e. The van der Waals surface area contributed by atoms with Crippen LogP contribution in [-0.2, 0) is 9.47 Å². The van der Waals surface area contributed by atoms with Crippen LogP contribution in [0.4, 0.5) is 4.79 Å². The van der Waals surface area contributed by atoms with E-state index in [1.54, 1.807) is 51.6 Å². The minimum absolute atomic E-state index is 0.0657. The van der Waals surface area contributed by atoms with Crippen LogP contribution in [-0.4, -0.2) is 111 Å². The molecule has 6 aromatic rings. The highest BCUT2D eigenvalue weighted by molar-refractivity contribution is 6.31. The number of fused-ring (bicyclic) bond motifs is 2. The minimum Gasteiger partial charge on any atom is -0.444 e. The van der Waals surface area contributed by atoms with Gasteiger partial charge in [0.25, 0.3) is 11.8 Å². The van der Waals surface area contributed by atoms with Crippen molar-refractivity contribution in [3.8, 4) is 22.3 Å². The van der Waals surface area contributed by atoms with Gasteiger partial charge in [-0.2, -0.15) is 0 Å². The maximum Gasteiger partial charge on any atom is 0.410 e. The number of benzene rings is 2. The van der Waals surface area contributed by atoms with E-state index in [2.05, 4.69) is 19.9 Å². The zero-order chi connectivity index (χ0) is 40.1. The number of nitrogens with zero attached hydrogens (tertiary/aromatic N) is 7. The van der Waals surface area contributed by atoms with Gasteiger partial charge in [0.15, 0.2) is 0 Å². The molecule has 0 unspecified atom stereocenters. The number of piperazine rings is 1. The van der Waals surface area contributed by atoms with Crippen LogP contribution in [0.25, 0.3) is 44.1 Å². The lowest BCUT2D eigenvalue weighted by atomic mass is 10.0. The van der Waals surface area contributed by atoms with Crippen LogP contribution in [0.15, 0.2) is 97.6 Å². The van der Waals surface area contributed by atoms with Gasteiger partial charge in [-0.05, 0) is 80.4 Å². The van der Waals surface area contributed by atoms with Gasteiger partial charge in [0.2, 0.25) is 0 Å². The first-order valence-electron chi connectivity index (χ1n) is 18.6. The zero-order valence-corrected chi connectivity index (χ0v) is 33.3. The van der Waals surface area contributed by atoms with Crippen molar-refractivity contribution in [2.45, 2.75) is 26.4 Å². The Hall–Kier alpha value is -5.69. The molecule has 14 heteroatoms. The Morgan fingerprint density at radius 2 is 1.00 bits per heavy atom. The van der Waals surface area contributed by atoms with Gasteiger partial charge in [-0.1, -0.05) is 47.5 Å². The average molecular weight is 807 g/mol. The number of hydrogen-bond acceptors (Lipinski definition) is 9. The minimum atomic E-state index is -0.546. The Kier molecular flexibility index (Phi) is 11.9. The van der Waals surface area contributed by atoms with Crippen LogP contribution in [0.5, 0.6) is 0 Å². The maximum absolute atomic E-state index is 13.1. The molecule has 12 nitrogen and oxygen atoms in total. The summed E-state index contributed by atoms with van der Waals surface area (Å²) in [7, 11) is 0. The number of aromatic nitrogens is 4. The van der Waals surface area contributed by atoms with Crippen molar-refractivity contribution in [2.75, 3.05) is 52.5 Å². The lowest BCUT2D eigenvalue weighted by Gasteiger charge is -2.35. The average Bonchev–Trinajstić information content (AvgIpc) is 3.23. The van der Waals surface area contributed by atoms with Gasteiger partial charge in [0, 0.05) is 96.0 Å². The number of carbonyl (C=O) groups is 3. The second-order valence-corrected chi connectivity index (χ2v) is 15.5. The predicted octanol–water partition coefficient (Wildman–Crippen LogP) is 8.07. The zero-order valence-electron chi connectivity index (χ0n) is 31.8. The SMILES string of the molecule is CC(C)(C)OC(=O)N1CCN(C(=O)c2ccc3cncc(-c4ccc(Cl)cc4)c3n2)CC1.O=C(c1ccc2cncc(-c3ccc(Cl)cc3)c2n1)N1CCOCC1. The van der Waals surface area contributed by atoms with Gasteiger partial charge >= 0.3 is 6.09 Å². The number of morpholine rings is 1. The van der Waals surface area contributed by atoms with Crippen LogP contribution in [0, 0.1) is 0 Å². The summed E-state index contributed by atoms with van der Waals surface area (Å²) in [6, 6.07) is 22.2. The van der Waals surface area contributed by atoms with E-state index < -0.39 is 5.60 Å². The molecule has 0 bridgehead atoms. The molecule has 2 aliphatic heterocycles. The van der Waals surface area contributed by atoms with E-state index in [1.807, 2.05) is 81.4 Å². The molecule has 0 N–H and O–H groups in total. The fourth-order valence-corrected chi connectivity index (χ4v) is 6.77. The number of amides is 3. The molecule has 6 heterocycles. The van der Waals surface area contributed by atoms with Crippen LogP contribution < -0.4 is 0 Å². The molecule has 2 fully saturated rings. The number of carbonyl (C=O) groups excluding carboxylic acids is 3. The van der Waals surface area contributed by atoms with Gasteiger partial charge in [-0.3, -0.25) is 19.6 Å². The molecule has 0 saturated carbocycles. The second kappa shape index (κ2) is 17.2. The van der Waals surface area contributed by atoms with Crippen molar-refractivity contribution in [3.05, 3.63) is 119 Å². The van der Waals surface area contributed by atoms with E-state index in [4.69, 9.17) is 32.7 Å². The van der Waals surface area contributed by atoms with Crippen LogP contribution in [0.1, 0.15) is 41.7 Å². The maximum atomic E-state index is 13.1. The number of hydrogen-bond donors (Lipinski definition) is 0. The molecule has 0 aliphatic carbocycles. The van der Waals surface area contributed by atoms with Crippen molar-refractivity contribution in [1.82, 2.24) is 34.6 Å². The summed E-state index contributed by atoms with van der Waals surface area (Å²) in [6.07, 6.45) is 6.64. The molecule has 0 atom stereocenters. The normalized spacial score (nSPS) is 14.6. The molecular formula is C43H41Cl2N7O5. The first kappa shape index (κ1) is 39.5. The van der Waals surface area contributed by atoms with E-state index in [-0.39, 0.29) is 17.9 Å². The quantitative estimate of drug-likeness (QED) is 0.174. The second-order valence-electron chi connectivity index (χ2n) is 14.6. The molecular weight excluding hydrogens is 765 g/mol. The van der Waals surface area contributed by atoms with Crippen molar-refractivity contribution >= 4 is 62.9 Å². The summed E-state index contributed by atoms with van der Waals surface area (Å²) in [6.45, 7) is 9.55. The van der Waals surface area contributed by atoms with Crippen LogP contribution in [0.3, 0.4) is 0 Å².